The van der Waals surface area contributed by atoms with E-state index < -0.39 is 17.7 Å². The fourth-order valence-corrected chi connectivity index (χ4v) is 4.80. The van der Waals surface area contributed by atoms with Crippen LogP contribution in [0.4, 0.5) is 13.2 Å². The first kappa shape index (κ1) is 23.2. The molecule has 3 aromatic rings. The summed E-state index contributed by atoms with van der Waals surface area (Å²) in [7, 11) is 0. The summed E-state index contributed by atoms with van der Waals surface area (Å²) < 4.78 is 47.1. The molecule has 3 nitrogen and oxygen atoms in total. The molecule has 0 spiro atoms. The lowest BCUT2D eigenvalue weighted by Crippen LogP contribution is -2.47. The number of fused-ring (bicyclic) bond motifs is 1. The van der Waals surface area contributed by atoms with E-state index in [4.69, 9.17) is 4.74 Å². The minimum atomic E-state index is -0.656. The second-order valence-electron chi connectivity index (χ2n) is 9.18. The molecule has 5 rings (SSSR count). The number of alkyl halides is 1. The van der Waals surface area contributed by atoms with Gasteiger partial charge in [0.05, 0.1) is 6.67 Å². The second kappa shape index (κ2) is 9.62. The van der Waals surface area contributed by atoms with Gasteiger partial charge in [-0.1, -0.05) is 36.4 Å². The van der Waals surface area contributed by atoms with Crippen molar-refractivity contribution < 1.29 is 23.0 Å². The Labute approximate surface area is 202 Å². The van der Waals surface area contributed by atoms with Gasteiger partial charge in [0.15, 0.2) is 0 Å². The molecule has 1 atom stereocenters. The molecule has 3 aromatic carbocycles. The van der Waals surface area contributed by atoms with E-state index >= 15 is 0 Å². The number of benzene rings is 3. The van der Waals surface area contributed by atoms with Crippen molar-refractivity contribution in [1.82, 2.24) is 4.90 Å². The van der Waals surface area contributed by atoms with Gasteiger partial charge < -0.3 is 9.84 Å². The molecule has 180 valence electrons. The molecule has 1 unspecified atom stereocenters. The van der Waals surface area contributed by atoms with Gasteiger partial charge in [-0.05, 0) is 53.5 Å². The maximum absolute atomic E-state index is 14.1. The van der Waals surface area contributed by atoms with Crippen molar-refractivity contribution in [3.8, 4) is 11.5 Å². The maximum Gasteiger partial charge on any atom is 0.150 e. The van der Waals surface area contributed by atoms with Gasteiger partial charge in [-0.3, -0.25) is 9.29 Å². The lowest BCUT2D eigenvalue weighted by molar-refractivity contribution is 0.0940. The van der Waals surface area contributed by atoms with Crippen LogP contribution in [0.5, 0.6) is 11.5 Å². The monoisotopic (exact) mass is 477 g/mol. The second-order valence-corrected chi connectivity index (χ2v) is 9.18. The molecule has 2 heterocycles. The zero-order chi connectivity index (χ0) is 24.5. The molecular formula is C29H26F3NO2. The van der Waals surface area contributed by atoms with Crippen LogP contribution in [0.3, 0.4) is 0 Å². The molecule has 1 N–H and O–H groups in total. The SMILES string of the molecule is CC1=C(c2cc(F)cc(F)c2)C(c2ccc(/C=C/CN3CC(CF)C3)cc2)Oc2cc(O)ccc21. The minimum Gasteiger partial charge on any atom is -0.508 e. The van der Waals surface area contributed by atoms with E-state index in [0.29, 0.717) is 16.9 Å². The average molecular weight is 478 g/mol. The zero-order valence-corrected chi connectivity index (χ0v) is 19.3. The van der Waals surface area contributed by atoms with Crippen molar-refractivity contribution in [2.24, 2.45) is 5.92 Å². The predicted octanol–water partition coefficient (Wildman–Crippen LogP) is 6.65. The van der Waals surface area contributed by atoms with E-state index in [1.807, 2.05) is 37.3 Å². The lowest BCUT2D eigenvalue weighted by Gasteiger charge is -2.36. The number of allylic oxidation sites excluding steroid dienone is 1. The molecule has 0 bridgehead atoms. The highest BCUT2D eigenvalue weighted by Gasteiger charge is 2.30. The highest BCUT2D eigenvalue weighted by Crippen LogP contribution is 2.47. The summed E-state index contributed by atoms with van der Waals surface area (Å²) in [5.74, 6) is -0.552. The van der Waals surface area contributed by atoms with Crippen LogP contribution in [0.15, 0.2) is 66.7 Å². The Kier molecular flexibility index (Phi) is 6.39. The van der Waals surface area contributed by atoms with Crippen LogP contribution < -0.4 is 4.74 Å². The zero-order valence-electron chi connectivity index (χ0n) is 19.3. The van der Waals surface area contributed by atoms with Gasteiger partial charge in [-0.25, -0.2) is 8.78 Å². The van der Waals surface area contributed by atoms with Crippen LogP contribution in [-0.4, -0.2) is 36.3 Å². The number of halogens is 3. The van der Waals surface area contributed by atoms with Crippen LogP contribution >= 0.6 is 0 Å². The van der Waals surface area contributed by atoms with Crippen molar-refractivity contribution in [1.29, 1.82) is 0 Å². The fourth-order valence-electron chi connectivity index (χ4n) is 4.80. The third-order valence-corrected chi connectivity index (χ3v) is 6.62. The number of hydrogen-bond donors (Lipinski definition) is 1. The first-order valence-corrected chi connectivity index (χ1v) is 11.6. The van der Waals surface area contributed by atoms with Gasteiger partial charge in [0.1, 0.15) is 29.2 Å². The van der Waals surface area contributed by atoms with Crippen LogP contribution in [0.2, 0.25) is 0 Å². The molecule has 2 aliphatic rings. The van der Waals surface area contributed by atoms with E-state index in [9.17, 15) is 18.3 Å². The quantitative estimate of drug-likeness (QED) is 0.432. The van der Waals surface area contributed by atoms with Crippen molar-refractivity contribution in [3.63, 3.8) is 0 Å². The Balaban J connectivity index is 1.45. The van der Waals surface area contributed by atoms with Crippen molar-refractivity contribution in [2.45, 2.75) is 13.0 Å². The molecule has 6 heteroatoms. The topological polar surface area (TPSA) is 32.7 Å². The summed E-state index contributed by atoms with van der Waals surface area (Å²) in [6.45, 7) is 4.01. The highest BCUT2D eigenvalue weighted by molar-refractivity contribution is 5.95. The largest absolute Gasteiger partial charge is 0.508 e. The summed E-state index contributed by atoms with van der Waals surface area (Å²) in [4.78, 5) is 2.19. The van der Waals surface area contributed by atoms with Crippen LogP contribution in [0.1, 0.15) is 35.3 Å². The fraction of sp³-hybridized carbons (Fsp3) is 0.241. The Bertz CT molecular complexity index is 1270. The molecular weight excluding hydrogens is 451 g/mol. The number of rotatable bonds is 6. The van der Waals surface area contributed by atoms with Crippen molar-refractivity contribution >= 4 is 17.2 Å². The predicted molar refractivity (Wildman–Crippen MR) is 132 cm³/mol. The summed E-state index contributed by atoms with van der Waals surface area (Å²) in [5, 5.41) is 9.97. The molecule has 35 heavy (non-hydrogen) atoms. The standard InChI is InChI=1S/C29H26F3NO2/c1-18-26-9-8-25(34)14-27(26)35-29(28(18)22-11-23(31)13-24(32)12-22)21-6-4-19(5-7-21)3-2-10-33-16-20(15-30)17-33/h2-9,11-14,20,29,34H,10,15-17H2,1H3/b3-2+. The highest BCUT2D eigenvalue weighted by atomic mass is 19.1. The molecule has 0 aliphatic carbocycles. The normalized spacial score (nSPS) is 18.5. The van der Waals surface area contributed by atoms with Crippen LogP contribution in [0.25, 0.3) is 17.2 Å². The lowest BCUT2D eigenvalue weighted by atomic mass is 9.86. The minimum absolute atomic E-state index is 0.0797. The van der Waals surface area contributed by atoms with E-state index in [2.05, 4.69) is 11.0 Å². The third-order valence-electron chi connectivity index (χ3n) is 6.62. The smallest absolute Gasteiger partial charge is 0.150 e. The molecule has 1 fully saturated rings. The molecule has 2 aliphatic heterocycles. The van der Waals surface area contributed by atoms with Crippen molar-refractivity contribution in [2.75, 3.05) is 26.3 Å². The van der Waals surface area contributed by atoms with Crippen LogP contribution in [0, 0.1) is 17.6 Å². The molecule has 0 radical (unpaired) electrons. The number of ether oxygens (including phenoxy) is 1. The molecule has 1 saturated heterocycles. The Morgan fingerprint density at radius 2 is 1.71 bits per heavy atom. The summed E-state index contributed by atoms with van der Waals surface area (Å²) in [5.41, 5.74) is 4.50. The van der Waals surface area contributed by atoms with E-state index in [1.54, 1.807) is 18.2 Å². The van der Waals surface area contributed by atoms with E-state index in [1.165, 1.54) is 12.1 Å². The first-order valence-electron chi connectivity index (χ1n) is 11.6. The summed E-state index contributed by atoms with van der Waals surface area (Å²) in [6.07, 6.45) is 3.47. The van der Waals surface area contributed by atoms with Gasteiger partial charge >= 0.3 is 0 Å². The number of phenols is 1. The molecule has 0 aromatic heterocycles. The molecule has 0 amide bonds. The van der Waals surface area contributed by atoms with Gasteiger partial charge in [0.2, 0.25) is 0 Å². The summed E-state index contributed by atoms with van der Waals surface area (Å²) in [6, 6.07) is 16.1. The van der Waals surface area contributed by atoms with Gasteiger partial charge in [0.25, 0.3) is 0 Å². The van der Waals surface area contributed by atoms with Gasteiger partial charge in [-0.15, -0.1) is 0 Å². The number of nitrogens with zero attached hydrogens (tertiary/aromatic N) is 1. The maximum atomic E-state index is 14.1. The number of hydrogen-bond acceptors (Lipinski definition) is 3. The van der Waals surface area contributed by atoms with Gasteiger partial charge in [-0.2, -0.15) is 0 Å². The Hall–Kier alpha value is -3.51. The third kappa shape index (κ3) is 4.84. The summed E-state index contributed by atoms with van der Waals surface area (Å²) >= 11 is 0. The average Bonchev–Trinajstić information content (AvgIpc) is 2.80. The number of likely N-dealkylation sites (tertiary alicyclic amines) is 1. The van der Waals surface area contributed by atoms with Crippen molar-refractivity contribution in [3.05, 3.63) is 101 Å². The van der Waals surface area contributed by atoms with Gasteiger partial charge in [0, 0.05) is 48.8 Å². The Morgan fingerprint density at radius 1 is 1.00 bits per heavy atom. The van der Waals surface area contributed by atoms with E-state index in [-0.39, 0.29) is 18.3 Å². The number of phenolic OH excluding ortho intramolecular Hbond substituents is 1. The number of aromatic hydroxyl groups is 1. The first-order chi connectivity index (χ1) is 16.9. The Morgan fingerprint density at radius 3 is 2.40 bits per heavy atom. The molecule has 0 saturated carbocycles. The van der Waals surface area contributed by atoms with E-state index in [0.717, 1.165) is 48.0 Å². The van der Waals surface area contributed by atoms with Crippen LogP contribution in [-0.2, 0) is 0 Å².